The summed E-state index contributed by atoms with van der Waals surface area (Å²) < 4.78 is 5.22. The second-order valence-electron chi connectivity index (χ2n) is 3.64. The molecule has 1 aliphatic rings. The summed E-state index contributed by atoms with van der Waals surface area (Å²) in [5.74, 6) is 0.201. The minimum atomic E-state index is 0.0685. The average Bonchev–Trinajstić information content (AvgIpc) is 2.29. The number of aromatic nitrogens is 1. The fourth-order valence-electron chi connectivity index (χ4n) is 1.74. The molecule has 80 valence electrons. The van der Waals surface area contributed by atoms with Crippen LogP contribution in [-0.2, 0) is 4.74 Å². The first-order valence-electron chi connectivity index (χ1n) is 5.00. The highest BCUT2D eigenvalue weighted by Crippen LogP contribution is 2.21. The van der Waals surface area contributed by atoms with Crippen molar-refractivity contribution in [2.24, 2.45) is 5.92 Å². The molecule has 1 fully saturated rings. The van der Waals surface area contributed by atoms with E-state index in [4.69, 9.17) is 16.3 Å². The van der Waals surface area contributed by atoms with Crippen LogP contribution in [0.2, 0.25) is 5.02 Å². The number of ether oxygens (including phenoxy) is 1. The van der Waals surface area contributed by atoms with Gasteiger partial charge in [-0.2, -0.15) is 0 Å². The molecule has 3 nitrogen and oxygen atoms in total. The lowest BCUT2D eigenvalue weighted by molar-refractivity contribution is 0.0544. The molecule has 0 aliphatic carbocycles. The monoisotopic (exact) mass is 225 g/mol. The molecule has 0 aromatic carbocycles. The molecule has 1 aliphatic heterocycles. The van der Waals surface area contributed by atoms with Crippen molar-refractivity contribution in [2.45, 2.75) is 12.8 Å². The summed E-state index contributed by atoms with van der Waals surface area (Å²) in [6.07, 6.45) is 4.70. The Kier molecular flexibility index (Phi) is 3.34. The Bertz CT molecular complexity index is 361. The van der Waals surface area contributed by atoms with Crippen molar-refractivity contribution in [3.63, 3.8) is 0 Å². The second-order valence-corrected chi connectivity index (χ2v) is 4.08. The van der Waals surface area contributed by atoms with Crippen LogP contribution in [0.1, 0.15) is 23.2 Å². The Balaban J connectivity index is 2.12. The number of carbonyl (C=O) groups is 1. The number of hydrogen-bond donors (Lipinski definition) is 0. The Morgan fingerprint density at radius 3 is 2.80 bits per heavy atom. The molecular formula is C11H12ClNO2. The van der Waals surface area contributed by atoms with Crippen LogP contribution in [0.3, 0.4) is 0 Å². The van der Waals surface area contributed by atoms with E-state index in [1.807, 2.05) is 0 Å². The van der Waals surface area contributed by atoms with Crippen molar-refractivity contribution in [3.05, 3.63) is 29.0 Å². The fraction of sp³-hybridized carbons (Fsp3) is 0.455. The molecule has 1 aromatic heterocycles. The molecule has 2 heterocycles. The number of carbonyl (C=O) groups excluding carboxylic acids is 1. The van der Waals surface area contributed by atoms with Crippen molar-refractivity contribution in [2.75, 3.05) is 13.2 Å². The highest BCUT2D eigenvalue weighted by molar-refractivity contribution is 6.30. The van der Waals surface area contributed by atoms with Crippen LogP contribution in [0.25, 0.3) is 0 Å². The van der Waals surface area contributed by atoms with Crippen molar-refractivity contribution >= 4 is 17.4 Å². The van der Waals surface area contributed by atoms with Gasteiger partial charge < -0.3 is 4.74 Å². The minimum absolute atomic E-state index is 0.0685. The van der Waals surface area contributed by atoms with Crippen LogP contribution in [0.15, 0.2) is 18.5 Å². The van der Waals surface area contributed by atoms with Gasteiger partial charge in [-0.25, -0.2) is 0 Å². The van der Waals surface area contributed by atoms with Crippen LogP contribution in [-0.4, -0.2) is 24.0 Å². The molecule has 0 spiro atoms. The number of nitrogens with zero attached hydrogens (tertiary/aromatic N) is 1. The molecule has 0 saturated carbocycles. The molecule has 0 N–H and O–H groups in total. The molecule has 1 saturated heterocycles. The van der Waals surface area contributed by atoms with Crippen LogP contribution in [0.4, 0.5) is 0 Å². The molecule has 0 unspecified atom stereocenters. The number of pyridine rings is 1. The van der Waals surface area contributed by atoms with Gasteiger partial charge in [0.2, 0.25) is 0 Å². The van der Waals surface area contributed by atoms with Gasteiger partial charge >= 0.3 is 0 Å². The minimum Gasteiger partial charge on any atom is -0.381 e. The van der Waals surface area contributed by atoms with Crippen LogP contribution >= 0.6 is 11.6 Å². The molecule has 0 atom stereocenters. The van der Waals surface area contributed by atoms with Gasteiger partial charge in [0.1, 0.15) is 0 Å². The highest BCUT2D eigenvalue weighted by atomic mass is 35.5. The molecule has 0 amide bonds. The van der Waals surface area contributed by atoms with Crippen LogP contribution in [0.5, 0.6) is 0 Å². The highest BCUT2D eigenvalue weighted by Gasteiger charge is 2.22. The van der Waals surface area contributed by atoms with E-state index in [1.165, 1.54) is 6.20 Å². The summed E-state index contributed by atoms with van der Waals surface area (Å²) in [7, 11) is 0. The maximum absolute atomic E-state index is 12.0. The zero-order chi connectivity index (χ0) is 10.7. The van der Waals surface area contributed by atoms with Gasteiger partial charge in [-0.3, -0.25) is 9.78 Å². The molecule has 15 heavy (non-hydrogen) atoms. The SMILES string of the molecule is O=C(c1cncc(Cl)c1)C1CCOCC1. The lowest BCUT2D eigenvalue weighted by atomic mass is 9.92. The van der Waals surface area contributed by atoms with Gasteiger partial charge in [-0.05, 0) is 18.9 Å². The summed E-state index contributed by atoms with van der Waals surface area (Å²) in [6, 6.07) is 1.67. The number of ketones is 1. The second kappa shape index (κ2) is 4.73. The van der Waals surface area contributed by atoms with Crippen LogP contribution in [0, 0.1) is 5.92 Å². The average molecular weight is 226 g/mol. The molecule has 4 heteroatoms. The smallest absolute Gasteiger partial charge is 0.167 e. The van der Waals surface area contributed by atoms with E-state index < -0.39 is 0 Å². The Morgan fingerprint density at radius 2 is 2.13 bits per heavy atom. The summed E-state index contributed by atoms with van der Waals surface area (Å²) in [5.41, 5.74) is 0.606. The first kappa shape index (κ1) is 10.6. The predicted octanol–water partition coefficient (Wildman–Crippen LogP) is 2.34. The third-order valence-corrected chi connectivity index (χ3v) is 2.79. The van der Waals surface area contributed by atoms with Gasteiger partial charge in [0.15, 0.2) is 5.78 Å². The van der Waals surface area contributed by atoms with E-state index in [2.05, 4.69) is 4.98 Å². The van der Waals surface area contributed by atoms with E-state index in [1.54, 1.807) is 12.3 Å². The van der Waals surface area contributed by atoms with E-state index in [9.17, 15) is 4.79 Å². The molecule has 0 radical (unpaired) electrons. The number of halogens is 1. The topological polar surface area (TPSA) is 39.2 Å². The van der Waals surface area contributed by atoms with E-state index >= 15 is 0 Å². The van der Waals surface area contributed by atoms with Crippen molar-refractivity contribution in [3.8, 4) is 0 Å². The summed E-state index contributed by atoms with van der Waals surface area (Å²) in [4.78, 5) is 15.9. The van der Waals surface area contributed by atoms with E-state index in [-0.39, 0.29) is 11.7 Å². The summed E-state index contributed by atoms with van der Waals surface area (Å²) >= 11 is 5.79. The Morgan fingerprint density at radius 1 is 1.40 bits per heavy atom. The van der Waals surface area contributed by atoms with E-state index in [0.29, 0.717) is 23.8 Å². The quantitative estimate of drug-likeness (QED) is 0.726. The van der Waals surface area contributed by atoms with Gasteiger partial charge in [-0.1, -0.05) is 11.6 Å². The summed E-state index contributed by atoms with van der Waals surface area (Å²) in [6.45, 7) is 1.34. The number of rotatable bonds is 2. The van der Waals surface area contributed by atoms with Crippen LogP contribution < -0.4 is 0 Å². The Hall–Kier alpha value is -0.930. The number of hydrogen-bond acceptors (Lipinski definition) is 3. The maximum Gasteiger partial charge on any atom is 0.167 e. The summed E-state index contributed by atoms with van der Waals surface area (Å²) in [5, 5.41) is 0.507. The van der Waals surface area contributed by atoms with Gasteiger partial charge in [0.05, 0.1) is 5.02 Å². The van der Waals surface area contributed by atoms with Crippen molar-refractivity contribution < 1.29 is 9.53 Å². The maximum atomic E-state index is 12.0. The predicted molar refractivity (Wildman–Crippen MR) is 57.1 cm³/mol. The normalized spacial score (nSPS) is 17.7. The molecule has 0 bridgehead atoms. The third kappa shape index (κ3) is 2.55. The lowest BCUT2D eigenvalue weighted by Crippen LogP contribution is -2.23. The van der Waals surface area contributed by atoms with Gasteiger partial charge in [-0.15, -0.1) is 0 Å². The zero-order valence-corrected chi connectivity index (χ0v) is 9.04. The lowest BCUT2D eigenvalue weighted by Gasteiger charge is -2.20. The first-order chi connectivity index (χ1) is 7.27. The fourth-order valence-corrected chi connectivity index (χ4v) is 1.92. The molecule has 1 aromatic rings. The van der Waals surface area contributed by atoms with Gasteiger partial charge in [0, 0.05) is 37.1 Å². The first-order valence-corrected chi connectivity index (χ1v) is 5.37. The molecular weight excluding hydrogens is 214 g/mol. The Labute approximate surface area is 93.4 Å². The largest absolute Gasteiger partial charge is 0.381 e. The standard InChI is InChI=1S/C11H12ClNO2/c12-10-5-9(6-13-7-10)11(14)8-1-3-15-4-2-8/h5-8H,1-4H2. The van der Waals surface area contributed by atoms with Crippen molar-refractivity contribution in [1.29, 1.82) is 0 Å². The van der Waals surface area contributed by atoms with Gasteiger partial charge in [0.25, 0.3) is 0 Å². The third-order valence-electron chi connectivity index (χ3n) is 2.58. The van der Waals surface area contributed by atoms with E-state index in [0.717, 1.165) is 12.8 Å². The van der Waals surface area contributed by atoms with Crippen molar-refractivity contribution in [1.82, 2.24) is 4.98 Å². The number of Topliss-reactive ketones (excluding diaryl/α,β-unsaturated/α-hetero) is 1. The zero-order valence-electron chi connectivity index (χ0n) is 8.28. The molecule has 2 rings (SSSR count).